The lowest BCUT2D eigenvalue weighted by molar-refractivity contribution is -0.134. The van der Waals surface area contributed by atoms with E-state index in [1.54, 1.807) is 0 Å². The minimum atomic E-state index is -0.220. The quantitative estimate of drug-likeness (QED) is 0.911. The van der Waals surface area contributed by atoms with Crippen LogP contribution >= 0.6 is 0 Å². The van der Waals surface area contributed by atoms with Crippen molar-refractivity contribution in [3.63, 3.8) is 0 Å². The van der Waals surface area contributed by atoms with Crippen molar-refractivity contribution in [3.8, 4) is 0 Å². The molecule has 2 saturated heterocycles. The second-order valence-electron chi connectivity index (χ2n) is 6.00. The second kappa shape index (κ2) is 5.52. The number of pyridine rings is 1. The van der Waals surface area contributed by atoms with Crippen molar-refractivity contribution in [2.24, 2.45) is 0 Å². The van der Waals surface area contributed by atoms with Crippen LogP contribution in [0.1, 0.15) is 37.1 Å². The van der Waals surface area contributed by atoms with Gasteiger partial charge in [-0.25, -0.2) is 0 Å². The minimum Gasteiger partial charge on any atom is -0.354 e. The second-order valence-corrected chi connectivity index (χ2v) is 6.00. The third-order valence-corrected chi connectivity index (χ3v) is 4.68. The molecule has 1 aromatic rings. The molecule has 1 aromatic heterocycles. The van der Waals surface area contributed by atoms with Crippen LogP contribution in [0, 0.1) is 6.92 Å². The van der Waals surface area contributed by atoms with Crippen molar-refractivity contribution in [2.45, 2.75) is 44.6 Å². The van der Waals surface area contributed by atoms with Crippen LogP contribution in [-0.2, 0) is 11.2 Å². The maximum absolute atomic E-state index is 12.3. The Bertz CT molecular complexity index is 502. The Morgan fingerprint density at radius 3 is 3.00 bits per heavy atom. The summed E-state index contributed by atoms with van der Waals surface area (Å²) >= 11 is 0. The number of aromatic nitrogens is 1. The molecule has 0 bridgehead atoms. The van der Waals surface area contributed by atoms with Gasteiger partial charge in [-0.05, 0) is 51.3 Å². The summed E-state index contributed by atoms with van der Waals surface area (Å²) in [5.41, 5.74) is 1.97. The SMILES string of the molecule is Cc1cccc(CCN2CCCC23CCCNC3=O)n1. The summed E-state index contributed by atoms with van der Waals surface area (Å²) in [6, 6.07) is 6.16. The van der Waals surface area contributed by atoms with Crippen LogP contribution in [0.2, 0.25) is 0 Å². The topological polar surface area (TPSA) is 45.2 Å². The summed E-state index contributed by atoms with van der Waals surface area (Å²) in [5, 5.41) is 3.06. The zero-order valence-corrected chi connectivity index (χ0v) is 12.2. The molecule has 0 saturated carbocycles. The monoisotopic (exact) mass is 273 g/mol. The molecule has 2 aliphatic rings. The first-order valence-corrected chi connectivity index (χ1v) is 7.67. The van der Waals surface area contributed by atoms with Gasteiger partial charge in [0.05, 0.1) is 0 Å². The van der Waals surface area contributed by atoms with Gasteiger partial charge in [0.1, 0.15) is 5.54 Å². The fourth-order valence-corrected chi connectivity index (χ4v) is 3.65. The molecule has 1 N–H and O–H groups in total. The van der Waals surface area contributed by atoms with Crippen LogP contribution < -0.4 is 5.32 Å². The minimum absolute atomic E-state index is 0.220. The van der Waals surface area contributed by atoms with E-state index < -0.39 is 0 Å². The Kier molecular flexibility index (Phi) is 3.74. The van der Waals surface area contributed by atoms with E-state index in [0.29, 0.717) is 0 Å². The molecule has 1 unspecified atom stereocenters. The zero-order valence-electron chi connectivity index (χ0n) is 12.2. The highest BCUT2D eigenvalue weighted by atomic mass is 16.2. The summed E-state index contributed by atoms with van der Waals surface area (Å²) in [6.45, 7) is 4.84. The summed E-state index contributed by atoms with van der Waals surface area (Å²) in [5.74, 6) is 0.249. The van der Waals surface area contributed by atoms with Gasteiger partial charge in [-0.1, -0.05) is 6.07 Å². The van der Waals surface area contributed by atoms with Gasteiger partial charge < -0.3 is 5.32 Å². The maximum Gasteiger partial charge on any atom is 0.240 e. The maximum atomic E-state index is 12.3. The normalized spacial score (nSPS) is 26.9. The number of carbonyl (C=O) groups is 1. The molecule has 1 atom stereocenters. The molecule has 2 aliphatic heterocycles. The molecule has 108 valence electrons. The summed E-state index contributed by atoms with van der Waals surface area (Å²) < 4.78 is 0. The molecule has 4 heteroatoms. The third-order valence-electron chi connectivity index (χ3n) is 4.68. The first-order chi connectivity index (χ1) is 9.71. The van der Waals surface area contributed by atoms with E-state index in [0.717, 1.165) is 63.1 Å². The number of hydrogen-bond donors (Lipinski definition) is 1. The molecule has 0 aliphatic carbocycles. The van der Waals surface area contributed by atoms with E-state index in [9.17, 15) is 4.79 Å². The molecule has 0 aromatic carbocycles. The van der Waals surface area contributed by atoms with Gasteiger partial charge >= 0.3 is 0 Å². The lowest BCUT2D eigenvalue weighted by atomic mass is 9.86. The van der Waals surface area contributed by atoms with Crippen LogP contribution in [-0.4, -0.2) is 41.0 Å². The number of aryl methyl sites for hydroxylation is 1. The third kappa shape index (κ3) is 2.44. The first kappa shape index (κ1) is 13.6. The van der Waals surface area contributed by atoms with Crippen LogP contribution in [0.4, 0.5) is 0 Å². The zero-order chi connectivity index (χ0) is 14.0. The lowest BCUT2D eigenvalue weighted by Crippen LogP contribution is -2.58. The number of likely N-dealkylation sites (tertiary alicyclic amines) is 1. The van der Waals surface area contributed by atoms with E-state index >= 15 is 0 Å². The van der Waals surface area contributed by atoms with Crippen molar-refractivity contribution in [1.29, 1.82) is 0 Å². The van der Waals surface area contributed by atoms with Crippen LogP contribution in [0.5, 0.6) is 0 Å². The number of hydrogen-bond acceptors (Lipinski definition) is 3. The largest absolute Gasteiger partial charge is 0.354 e. The van der Waals surface area contributed by atoms with Gasteiger partial charge in [0, 0.05) is 30.9 Å². The highest BCUT2D eigenvalue weighted by Crippen LogP contribution is 2.35. The fourth-order valence-electron chi connectivity index (χ4n) is 3.65. The van der Waals surface area contributed by atoms with Crippen molar-refractivity contribution in [2.75, 3.05) is 19.6 Å². The molecule has 3 heterocycles. The average Bonchev–Trinajstić information content (AvgIpc) is 2.84. The van der Waals surface area contributed by atoms with E-state index in [2.05, 4.69) is 27.3 Å². The predicted molar refractivity (Wildman–Crippen MR) is 78.5 cm³/mol. The van der Waals surface area contributed by atoms with E-state index in [-0.39, 0.29) is 11.4 Å². The van der Waals surface area contributed by atoms with Gasteiger partial charge in [0.2, 0.25) is 5.91 Å². The van der Waals surface area contributed by atoms with Crippen LogP contribution in [0.3, 0.4) is 0 Å². The summed E-state index contributed by atoms with van der Waals surface area (Å²) in [4.78, 5) is 19.3. The standard InChI is InChI=1S/C16H23N3O/c1-13-5-2-6-14(18-13)7-12-19-11-4-9-16(19)8-3-10-17-15(16)20/h2,5-6H,3-4,7-12H2,1H3,(H,17,20). The van der Waals surface area contributed by atoms with Crippen LogP contribution in [0.15, 0.2) is 18.2 Å². The molecule has 3 rings (SSSR count). The van der Waals surface area contributed by atoms with E-state index in [1.807, 2.05) is 13.0 Å². The molecule has 20 heavy (non-hydrogen) atoms. The van der Waals surface area contributed by atoms with Gasteiger partial charge in [-0.15, -0.1) is 0 Å². The van der Waals surface area contributed by atoms with Gasteiger partial charge in [0.25, 0.3) is 0 Å². The van der Waals surface area contributed by atoms with Crippen molar-refractivity contribution in [3.05, 3.63) is 29.6 Å². The molecule has 1 amide bonds. The number of nitrogens with zero attached hydrogens (tertiary/aromatic N) is 2. The Balaban J connectivity index is 1.68. The highest BCUT2D eigenvalue weighted by molar-refractivity contribution is 5.87. The van der Waals surface area contributed by atoms with Gasteiger partial charge in [-0.3, -0.25) is 14.7 Å². The molecule has 4 nitrogen and oxygen atoms in total. The van der Waals surface area contributed by atoms with Gasteiger partial charge in [0.15, 0.2) is 0 Å². The molecule has 1 spiro atoms. The van der Waals surface area contributed by atoms with E-state index in [1.165, 1.54) is 0 Å². The first-order valence-electron chi connectivity index (χ1n) is 7.67. The highest BCUT2D eigenvalue weighted by Gasteiger charge is 2.47. The Morgan fingerprint density at radius 1 is 1.35 bits per heavy atom. The fraction of sp³-hybridized carbons (Fsp3) is 0.625. The number of carbonyl (C=O) groups excluding carboxylic acids is 1. The lowest BCUT2D eigenvalue weighted by Gasteiger charge is -2.40. The number of piperidine rings is 1. The number of rotatable bonds is 3. The molecular formula is C16H23N3O. The van der Waals surface area contributed by atoms with Gasteiger partial charge in [-0.2, -0.15) is 0 Å². The smallest absolute Gasteiger partial charge is 0.240 e. The summed E-state index contributed by atoms with van der Waals surface area (Å²) in [7, 11) is 0. The van der Waals surface area contributed by atoms with Crippen LogP contribution in [0.25, 0.3) is 0 Å². The molecular weight excluding hydrogens is 250 g/mol. The summed E-state index contributed by atoms with van der Waals surface area (Å²) in [6.07, 6.45) is 5.19. The number of amides is 1. The Labute approximate surface area is 120 Å². The average molecular weight is 273 g/mol. The predicted octanol–water partition coefficient (Wildman–Crippen LogP) is 1.68. The Morgan fingerprint density at radius 2 is 2.20 bits per heavy atom. The Hall–Kier alpha value is -1.42. The van der Waals surface area contributed by atoms with E-state index in [4.69, 9.17) is 0 Å². The van der Waals surface area contributed by atoms with Crippen molar-refractivity contribution in [1.82, 2.24) is 15.2 Å². The molecule has 2 fully saturated rings. The molecule has 0 radical (unpaired) electrons. The van der Waals surface area contributed by atoms with Crippen molar-refractivity contribution < 1.29 is 4.79 Å². The number of nitrogens with one attached hydrogen (secondary N) is 1. The van der Waals surface area contributed by atoms with Crippen molar-refractivity contribution >= 4 is 5.91 Å².